The third-order valence-corrected chi connectivity index (χ3v) is 3.66. The smallest absolute Gasteiger partial charge is 0.0533 e. The molecule has 0 amide bonds. The highest BCUT2D eigenvalue weighted by Gasteiger charge is 2.11. The molecule has 0 aromatic carbocycles. The Morgan fingerprint density at radius 2 is 2.27 bits per heavy atom. The van der Waals surface area contributed by atoms with E-state index in [0.717, 1.165) is 5.92 Å². The van der Waals surface area contributed by atoms with Gasteiger partial charge in [0.05, 0.1) is 6.20 Å². The minimum absolute atomic E-state index is 0.400. The highest BCUT2D eigenvalue weighted by Crippen LogP contribution is 2.28. The quantitative estimate of drug-likeness (QED) is 0.810. The maximum atomic E-state index is 5.77. The predicted octanol–water partition coefficient (Wildman–Crippen LogP) is 2.20. The Bertz CT molecular complexity index is 283. The van der Waals surface area contributed by atoms with Crippen LogP contribution in [0.4, 0.5) is 0 Å². The van der Waals surface area contributed by atoms with E-state index in [0.29, 0.717) is 11.8 Å². The predicted molar refractivity (Wildman–Crippen MR) is 66.9 cm³/mol. The molecule has 4 heteroatoms. The van der Waals surface area contributed by atoms with Gasteiger partial charge >= 0.3 is 0 Å². The van der Waals surface area contributed by atoms with Crippen molar-refractivity contribution in [3.8, 4) is 0 Å². The van der Waals surface area contributed by atoms with Gasteiger partial charge < -0.3 is 5.73 Å². The third kappa shape index (κ3) is 4.26. The Labute approximate surface area is 96.4 Å². The molecule has 1 unspecified atom stereocenters. The summed E-state index contributed by atoms with van der Waals surface area (Å²) in [6, 6.07) is 0. The van der Waals surface area contributed by atoms with Crippen molar-refractivity contribution in [2.45, 2.75) is 25.5 Å². The van der Waals surface area contributed by atoms with Crippen LogP contribution in [0, 0.1) is 5.92 Å². The number of nitrogens with two attached hydrogens (primary N) is 1. The van der Waals surface area contributed by atoms with Crippen molar-refractivity contribution in [2.75, 3.05) is 12.3 Å². The molecule has 0 spiro atoms. The molecule has 0 radical (unpaired) electrons. The molecule has 15 heavy (non-hydrogen) atoms. The zero-order chi connectivity index (χ0) is 11.3. The van der Waals surface area contributed by atoms with Crippen LogP contribution in [-0.4, -0.2) is 22.1 Å². The number of nitrogens with zero attached hydrogens (tertiary/aromatic N) is 2. The summed E-state index contributed by atoms with van der Waals surface area (Å²) >= 11 is 1.94. The first-order valence-electron chi connectivity index (χ1n) is 5.43. The lowest BCUT2D eigenvalue weighted by molar-refractivity contribution is 0.631. The number of aryl methyl sites for hydroxylation is 1. The van der Waals surface area contributed by atoms with Crippen molar-refractivity contribution in [1.29, 1.82) is 0 Å². The van der Waals surface area contributed by atoms with E-state index in [-0.39, 0.29) is 0 Å². The van der Waals surface area contributed by atoms with Gasteiger partial charge in [-0.05, 0) is 18.1 Å². The van der Waals surface area contributed by atoms with E-state index in [1.54, 1.807) is 0 Å². The molecule has 1 aromatic heterocycles. The summed E-state index contributed by atoms with van der Waals surface area (Å²) in [6.45, 7) is 5.19. The van der Waals surface area contributed by atoms with Gasteiger partial charge in [0.2, 0.25) is 0 Å². The van der Waals surface area contributed by atoms with Crippen molar-refractivity contribution >= 4 is 11.8 Å². The Hall–Kier alpha value is -0.480. The maximum absolute atomic E-state index is 5.77. The van der Waals surface area contributed by atoms with E-state index >= 15 is 0 Å². The fourth-order valence-corrected chi connectivity index (χ4v) is 2.70. The lowest BCUT2D eigenvalue weighted by atomic mass is 10.2. The average molecular weight is 227 g/mol. The van der Waals surface area contributed by atoms with Crippen LogP contribution in [-0.2, 0) is 7.05 Å². The Morgan fingerprint density at radius 3 is 2.73 bits per heavy atom. The van der Waals surface area contributed by atoms with Crippen LogP contribution in [0.1, 0.15) is 31.1 Å². The molecule has 3 nitrogen and oxygen atoms in total. The molecule has 0 bridgehead atoms. The van der Waals surface area contributed by atoms with Gasteiger partial charge in [-0.2, -0.15) is 16.9 Å². The SMILES string of the molecule is CC(C)CCSC(CN)c1cnn(C)c1. The Kier molecular flexibility index (Phi) is 5.19. The van der Waals surface area contributed by atoms with Crippen LogP contribution in [0.15, 0.2) is 12.4 Å². The largest absolute Gasteiger partial charge is 0.329 e. The van der Waals surface area contributed by atoms with Crippen molar-refractivity contribution in [3.63, 3.8) is 0 Å². The van der Waals surface area contributed by atoms with E-state index in [1.165, 1.54) is 17.7 Å². The molecule has 0 saturated heterocycles. The molecule has 1 rings (SSSR count). The van der Waals surface area contributed by atoms with Crippen molar-refractivity contribution < 1.29 is 0 Å². The molecular formula is C11H21N3S. The van der Waals surface area contributed by atoms with Crippen LogP contribution in [0.3, 0.4) is 0 Å². The zero-order valence-corrected chi connectivity index (χ0v) is 10.6. The maximum Gasteiger partial charge on any atom is 0.0533 e. The molecule has 0 aliphatic rings. The van der Waals surface area contributed by atoms with E-state index in [2.05, 4.69) is 25.1 Å². The highest BCUT2D eigenvalue weighted by molar-refractivity contribution is 7.99. The van der Waals surface area contributed by atoms with Crippen LogP contribution >= 0.6 is 11.8 Å². The standard InChI is InChI=1S/C11H21N3S/c1-9(2)4-5-15-11(6-12)10-7-13-14(3)8-10/h7-9,11H,4-6,12H2,1-3H3. The molecule has 1 atom stereocenters. The molecule has 0 saturated carbocycles. The number of rotatable bonds is 6. The molecule has 86 valence electrons. The first-order valence-corrected chi connectivity index (χ1v) is 6.48. The van der Waals surface area contributed by atoms with Crippen molar-refractivity contribution in [1.82, 2.24) is 9.78 Å². The van der Waals surface area contributed by atoms with Gasteiger partial charge in [-0.15, -0.1) is 0 Å². The van der Waals surface area contributed by atoms with Gasteiger partial charge in [0.15, 0.2) is 0 Å². The number of hydrogen-bond donors (Lipinski definition) is 1. The first kappa shape index (κ1) is 12.6. The van der Waals surface area contributed by atoms with Crippen molar-refractivity contribution in [3.05, 3.63) is 18.0 Å². The average Bonchev–Trinajstić information content (AvgIpc) is 2.59. The van der Waals surface area contributed by atoms with Gasteiger partial charge in [0, 0.05) is 30.6 Å². The zero-order valence-electron chi connectivity index (χ0n) is 9.81. The number of hydrogen-bond acceptors (Lipinski definition) is 3. The van der Waals surface area contributed by atoms with Gasteiger partial charge in [-0.1, -0.05) is 13.8 Å². The lowest BCUT2D eigenvalue weighted by Gasteiger charge is -2.13. The second-order valence-corrected chi connectivity index (χ2v) is 5.54. The molecular weight excluding hydrogens is 206 g/mol. The fraction of sp³-hybridized carbons (Fsp3) is 0.727. The van der Waals surface area contributed by atoms with Gasteiger partial charge in [0.25, 0.3) is 0 Å². The molecule has 0 fully saturated rings. The molecule has 0 aliphatic heterocycles. The van der Waals surface area contributed by atoms with E-state index < -0.39 is 0 Å². The highest BCUT2D eigenvalue weighted by atomic mass is 32.2. The van der Waals surface area contributed by atoms with Gasteiger partial charge in [0.1, 0.15) is 0 Å². The van der Waals surface area contributed by atoms with Crippen LogP contribution in [0.5, 0.6) is 0 Å². The lowest BCUT2D eigenvalue weighted by Crippen LogP contribution is -2.09. The molecule has 2 N–H and O–H groups in total. The van der Waals surface area contributed by atoms with E-state index in [1.807, 2.05) is 29.7 Å². The van der Waals surface area contributed by atoms with E-state index in [4.69, 9.17) is 5.73 Å². The molecule has 1 heterocycles. The molecule has 0 aliphatic carbocycles. The summed E-state index contributed by atoms with van der Waals surface area (Å²) in [5.74, 6) is 1.94. The number of thioether (sulfide) groups is 1. The monoisotopic (exact) mass is 227 g/mol. The second kappa shape index (κ2) is 6.18. The van der Waals surface area contributed by atoms with Crippen molar-refractivity contribution in [2.24, 2.45) is 18.7 Å². The summed E-state index contributed by atoms with van der Waals surface area (Å²) < 4.78 is 1.83. The normalized spacial score (nSPS) is 13.4. The summed E-state index contributed by atoms with van der Waals surface area (Å²) in [5, 5.41) is 4.58. The number of aromatic nitrogens is 2. The second-order valence-electron chi connectivity index (χ2n) is 4.22. The fourth-order valence-electron chi connectivity index (χ4n) is 1.35. The first-order chi connectivity index (χ1) is 7.13. The summed E-state index contributed by atoms with van der Waals surface area (Å²) in [4.78, 5) is 0. The molecule has 1 aromatic rings. The Balaban J connectivity index is 2.42. The topological polar surface area (TPSA) is 43.8 Å². The Morgan fingerprint density at radius 1 is 1.53 bits per heavy atom. The summed E-state index contributed by atoms with van der Waals surface area (Å²) in [6.07, 6.45) is 5.22. The van der Waals surface area contributed by atoms with Gasteiger partial charge in [-0.25, -0.2) is 0 Å². The minimum atomic E-state index is 0.400. The minimum Gasteiger partial charge on any atom is -0.329 e. The van der Waals surface area contributed by atoms with Crippen LogP contribution in [0.2, 0.25) is 0 Å². The van der Waals surface area contributed by atoms with Crippen LogP contribution in [0.25, 0.3) is 0 Å². The van der Waals surface area contributed by atoms with Crippen LogP contribution < -0.4 is 5.73 Å². The summed E-state index contributed by atoms with van der Waals surface area (Å²) in [7, 11) is 1.94. The third-order valence-electron chi connectivity index (χ3n) is 2.32. The van der Waals surface area contributed by atoms with E-state index in [9.17, 15) is 0 Å². The van der Waals surface area contributed by atoms with Gasteiger partial charge in [-0.3, -0.25) is 4.68 Å². The summed E-state index contributed by atoms with van der Waals surface area (Å²) in [5.41, 5.74) is 7.02.